The average Bonchev–Trinajstić information content (AvgIpc) is 3.06. The zero-order valence-corrected chi connectivity index (χ0v) is 18.5. The van der Waals surface area contributed by atoms with Crippen molar-refractivity contribution in [2.24, 2.45) is 0 Å². The van der Waals surface area contributed by atoms with Crippen molar-refractivity contribution < 1.29 is 13.2 Å². The van der Waals surface area contributed by atoms with E-state index < -0.39 is 15.9 Å². The van der Waals surface area contributed by atoms with Gasteiger partial charge in [-0.05, 0) is 48.9 Å². The summed E-state index contributed by atoms with van der Waals surface area (Å²) in [7, 11) is -3.71. The highest BCUT2D eigenvalue weighted by Crippen LogP contribution is 2.33. The van der Waals surface area contributed by atoms with E-state index >= 15 is 0 Å². The molecule has 0 aliphatic rings. The molecule has 1 N–H and O–H groups in total. The van der Waals surface area contributed by atoms with Crippen LogP contribution in [-0.2, 0) is 16.6 Å². The van der Waals surface area contributed by atoms with E-state index in [0.29, 0.717) is 27.1 Å². The summed E-state index contributed by atoms with van der Waals surface area (Å²) in [5.74, 6) is -0.778. The average molecular weight is 461 g/mol. The standard InChI is InChI=1S/C20H17ClN4O3S2/c1-13-18(19(26)24-30(2,27)28)23-20(29-13)25(12-15-4-3-5-16(21)10-15)17-8-6-14(11-22)7-9-17/h3-10H,12H2,1-2H3,(H,24,26). The molecule has 0 unspecified atom stereocenters. The lowest BCUT2D eigenvalue weighted by Crippen LogP contribution is -2.30. The molecule has 0 saturated heterocycles. The fraction of sp³-hybridized carbons (Fsp3) is 0.150. The normalized spacial score (nSPS) is 11.0. The monoisotopic (exact) mass is 460 g/mol. The van der Waals surface area contributed by atoms with Crippen LogP contribution < -0.4 is 9.62 Å². The van der Waals surface area contributed by atoms with Gasteiger partial charge in [0.25, 0.3) is 5.91 Å². The highest BCUT2D eigenvalue weighted by molar-refractivity contribution is 7.89. The van der Waals surface area contributed by atoms with Crippen LogP contribution >= 0.6 is 22.9 Å². The van der Waals surface area contributed by atoms with Gasteiger partial charge in [-0.25, -0.2) is 18.1 Å². The van der Waals surface area contributed by atoms with E-state index in [-0.39, 0.29) is 5.69 Å². The molecular formula is C20H17ClN4O3S2. The Morgan fingerprint density at radius 2 is 1.97 bits per heavy atom. The van der Waals surface area contributed by atoms with Gasteiger partial charge in [-0.2, -0.15) is 5.26 Å². The van der Waals surface area contributed by atoms with Crippen molar-refractivity contribution in [1.82, 2.24) is 9.71 Å². The van der Waals surface area contributed by atoms with Crippen LogP contribution in [0.1, 0.15) is 26.5 Å². The van der Waals surface area contributed by atoms with Gasteiger partial charge in [0.05, 0.1) is 24.4 Å². The summed E-state index contributed by atoms with van der Waals surface area (Å²) in [4.78, 5) is 19.2. The van der Waals surface area contributed by atoms with Crippen molar-refractivity contribution in [3.63, 3.8) is 0 Å². The Morgan fingerprint density at radius 3 is 2.57 bits per heavy atom. The Hall–Kier alpha value is -2.93. The Bertz CT molecular complexity index is 1230. The van der Waals surface area contributed by atoms with Crippen LogP contribution in [-0.4, -0.2) is 25.6 Å². The third-order valence-corrected chi connectivity index (χ3v) is 5.83. The molecule has 1 aromatic heterocycles. The molecule has 0 aliphatic carbocycles. The number of aromatic nitrogens is 1. The molecule has 3 rings (SSSR count). The minimum Gasteiger partial charge on any atom is -0.313 e. The second-order valence-electron chi connectivity index (χ2n) is 6.48. The molecule has 2 aromatic carbocycles. The molecule has 1 amide bonds. The number of benzene rings is 2. The number of thiazole rings is 1. The molecule has 1 heterocycles. The van der Waals surface area contributed by atoms with Crippen molar-refractivity contribution in [2.45, 2.75) is 13.5 Å². The summed E-state index contributed by atoms with van der Waals surface area (Å²) in [5.41, 5.74) is 2.25. The number of hydrogen-bond donors (Lipinski definition) is 1. The molecule has 7 nitrogen and oxygen atoms in total. The van der Waals surface area contributed by atoms with Gasteiger partial charge in [0.2, 0.25) is 10.0 Å². The molecule has 10 heteroatoms. The Kier molecular flexibility index (Phi) is 6.41. The van der Waals surface area contributed by atoms with Crippen LogP contribution in [0, 0.1) is 18.3 Å². The maximum atomic E-state index is 12.3. The number of carbonyl (C=O) groups excluding carboxylic acids is 1. The molecule has 0 spiro atoms. The summed E-state index contributed by atoms with van der Waals surface area (Å²) in [6, 6.07) is 16.4. The molecule has 0 aliphatic heterocycles. The van der Waals surface area contributed by atoms with Gasteiger partial charge in [0.1, 0.15) is 5.69 Å². The maximum Gasteiger partial charge on any atom is 0.284 e. The first kappa shape index (κ1) is 21.8. The van der Waals surface area contributed by atoms with Crippen molar-refractivity contribution in [2.75, 3.05) is 11.2 Å². The number of hydrogen-bond acceptors (Lipinski definition) is 7. The summed E-state index contributed by atoms with van der Waals surface area (Å²) in [5, 5.41) is 10.2. The molecule has 0 saturated carbocycles. The number of rotatable bonds is 6. The molecule has 0 fully saturated rings. The summed E-state index contributed by atoms with van der Waals surface area (Å²) in [6.07, 6.45) is 0.912. The Balaban J connectivity index is 2.02. The number of halogens is 1. The van der Waals surface area contributed by atoms with Crippen molar-refractivity contribution >= 4 is 49.7 Å². The number of nitrogens with one attached hydrogen (secondary N) is 1. The van der Waals surface area contributed by atoms with E-state index in [1.165, 1.54) is 11.3 Å². The fourth-order valence-corrected chi connectivity index (χ4v) is 4.30. The molecular weight excluding hydrogens is 444 g/mol. The predicted molar refractivity (Wildman–Crippen MR) is 118 cm³/mol. The Labute approximate surface area is 183 Å². The van der Waals surface area contributed by atoms with E-state index in [9.17, 15) is 13.2 Å². The van der Waals surface area contributed by atoms with Crippen molar-refractivity contribution in [3.8, 4) is 6.07 Å². The first-order chi connectivity index (χ1) is 14.2. The summed E-state index contributed by atoms with van der Waals surface area (Å²) < 4.78 is 24.8. The van der Waals surface area contributed by atoms with E-state index in [0.717, 1.165) is 17.5 Å². The molecule has 0 bridgehead atoms. The van der Waals surface area contributed by atoms with Gasteiger partial charge in [0.15, 0.2) is 5.13 Å². The molecule has 0 atom stereocenters. The van der Waals surface area contributed by atoms with Gasteiger partial charge in [-0.15, -0.1) is 11.3 Å². The number of nitrogens with zero attached hydrogens (tertiary/aromatic N) is 3. The van der Waals surface area contributed by atoms with E-state index in [1.54, 1.807) is 37.3 Å². The first-order valence-electron chi connectivity index (χ1n) is 8.68. The highest BCUT2D eigenvalue weighted by atomic mass is 35.5. The minimum atomic E-state index is -3.71. The SMILES string of the molecule is Cc1sc(N(Cc2cccc(Cl)c2)c2ccc(C#N)cc2)nc1C(=O)NS(C)(=O)=O. The molecule has 154 valence electrons. The maximum absolute atomic E-state index is 12.3. The van der Waals surface area contributed by atoms with Crippen molar-refractivity contribution in [1.29, 1.82) is 5.26 Å². The Morgan fingerprint density at radius 1 is 1.27 bits per heavy atom. The van der Waals surface area contributed by atoms with Crippen LogP contribution in [0.2, 0.25) is 5.02 Å². The second-order valence-corrected chi connectivity index (χ2v) is 9.85. The van der Waals surface area contributed by atoms with Crippen LogP contribution in [0.15, 0.2) is 48.5 Å². The second kappa shape index (κ2) is 8.83. The van der Waals surface area contributed by atoms with E-state index in [2.05, 4.69) is 11.1 Å². The lowest BCUT2D eigenvalue weighted by atomic mass is 10.2. The number of sulfonamides is 1. The predicted octanol–water partition coefficient (Wildman–Crippen LogP) is 4.00. The molecule has 3 aromatic rings. The third-order valence-electron chi connectivity index (χ3n) is 4.05. The van der Waals surface area contributed by atoms with E-state index in [4.69, 9.17) is 16.9 Å². The van der Waals surface area contributed by atoms with E-state index in [1.807, 2.05) is 27.8 Å². The topological polar surface area (TPSA) is 103 Å². The lowest BCUT2D eigenvalue weighted by Gasteiger charge is -2.22. The zero-order valence-electron chi connectivity index (χ0n) is 16.1. The fourth-order valence-electron chi connectivity index (χ4n) is 2.73. The number of nitriles is 1. The summed E-state index contributed by atoms with van der Waals surface area (Å²) >= 11 is 7.38. The van der Waals surface area contributed by atoms with Crippen LogP contribution in [0.4, 0.5) is 10.8 Å². The lowest BCUT2D eigenvalue weighted by molar-refractivity contribution is 0.0977. The zero-order chi connectivity index (χ0) is 21.9. The van der Waals surface area contributed by atoms with Crippen molar-refractivity contribution in [3.05, 3.63) is 75.3 Å². The van der Waals surface area contributed by atoms with Gasteiger partial charge < -0.3 is 4.90 Å². The van der Waals surface area contributed by atoms with Crippen LogP contribution in [0.5, 0.6) is 0 Å². The first-order valence-corrected chi connectivity index (χ1v) is 11.8. The molecule has 30 heavy (non-hydrogen) atoms. The quantitative estimate of drug-likeness (QED) is 0.596. The van der Waals surface area contributed by atoms with Gasteiger partial charge in [0, 0.05) is 15.6 Å². The number of aryl methyl sites for hydroxylation is 1. The smallest absolute Gasteiger partial charge is 0.284 e. The molecule has 0 radical (unpaired) electrons. The third kappa shape index (κ3) is 5.36. The minimum absolute atomic E-state index is 0.0464. The highest BCUT2D eigenvalue weighted by Gasteiger charge is 2.22. The number of amides is 1. The van der Waals surface area contributed by atoms with Gasteiger partial charge >= 0.3 is 0 Å². The van der Waals surface area contributed by atoms with Crippen LogP contribution in [0.25, 0.3) is 0 Å². The van der Waals surface area contributed by atoms with Crippen LogP contribution in [0.3, 0.4) is 0 Å². The van der Waals surface area contributed by atoms with Gasteiger partial charge in [-0.3, -0.25) is 4.79 Å². The number of anilines is 2. The summed E-state index contributed by atoms with van der Waals surface area (Å²) in [6.45, 7) is 2.11. The van der Waals surface area contributed by atoms with Gasteiger partial charge in [-0.1, -0.05) is 23.7 Å². The number of carbonyl (C=O) groups is 1. The largest absolute Gasteiger partial charge is 0.313 e.